The fourth-order valence-corrected chi connectivity index (χ4v) is 3.91. The number of carbonyl (C=O) groups is 1. The fraction of sp³-hybridized carbons (Fsp3) is 0.261. The summed E-state index contributed by atoms with van der Waals surface area (Å²) in [5.74, 6) is -0.0254. The van der Waals surface area contributed by atoms with Crippen molar-refractivity contribution in [2.75, 3.05) is 26.2 Å². The molecule has 0 atom stereocenters. The predicted octanol–water partition coefficient (Wildman–Crippen LogP) is 1.92. The number of piperazine rings is 1. The van der Waals surface area contributed by atoms with Gasteiger partial charge in [0.15, 0.2) is 0 Å². The Labute approximate surface area is 165 Å². The maximum absolute atomic E-state index is 12.7. The molecular weight excluding hydrogens is 348 g/mol. The van der Waals surface area contributed by atoms with Gasteiger partial charge in [-0.3, -0.25) is 9.78 Å². The Balaban J connectivity index is 1.50. The van der Waals surface area contributed by atoms with E-state index in [1.165, 1.54) is 16.0 Å². The van der Waals surface area contributed by atoms with Crippen molar-refractivity contribution in [3.63, 3.8) is 0 Å². The lowest BCUT2D eigenvalue weighted by molar-refractivity contribution is -0.929. The van der Waals surface area contributed by atoms with Gasteiger partial charge in [0.25, 0.3) is 5.91 Å². The molecule has 0 unspecified atom stereocenters. The maximum atomic E-state index is 12.7. The number of hydrogen-bond acceptors (Lipinski definition) is 3. The molecule has 0 radical (unpaired) electrons. The van der Waals surface area contributed by atoms with Crippen molar-refractivity contribution >= 4 is 5.91 Å². The number of nitrogens with one attached hydrogen (secondary N) is 1. The van der Waals surface area contributed by atoms with Gasteiger partial charge in [0, 0.05) is 17.3 Å². The summed E-state index contributed by atoms with van der Waals surface area (Å²) in [5.41, 5.74) is 3.87. The molecule has 1 aromatic heterocycles. The van der Waals surface area contributed by atoms with Crippen LogP contribution in [-0.2, 0) is 0 Å². The minimum atomic E-state index is -0.0254. The van der Waals surface area contributed by atoms with E-state index in [2.05, 4.69) is 70.6 Å². The predicted molar refractivity (Wildman–Crippen MR) is 108 cm³/mol. The van der Waals surface area contributed by atoms with Crippen LogP contribution >= 0.6 is 0 Å². The molecule has 1 aliphatic rings. The van der Waals surface area contributed by atoms with Crippen LogP contribution in [0.2, 0.25) is 0 Å². The number of aromatic nitrogens is 2. The molecule has 1 saturated heterocycles. The van der Waals surface area contributed by atoms with Crippen molar-refractivity contribution in [1.82, 2.24) is 14.9 Å². The third kappa shape index (κ3) is 3.94. The Morgan fingerprint density at radius 3 is 1.96 bits per heavy atom. The zero-order chi connectivity index (χ0) is 19.3. The Kier molecular flexibility index (Phi) is 5.44. The van der Waals surface area contributed by atoms with Crippen molar-refractivity contribution in [2.45, 2.75) is 13.0 Å². The molecule has 0 aliphatic carbocycles. The lowest BCUT2D eigenvalue weighted by Crippen LogP contribution is -3.15. The normalized spacial score (nSPS) is 15.0. The Morgan fingerprint density at radius 2 is 1.46 bits per heavy atom. The van der Waals surface area contributed by atoms with Gasteiger partial charge < -0.3 is 9.80 Å². The second kappa shape index (κ2) is 8.31. The summed E-state index contributed by atoms with van der Waals surface area (Å²) in [6.07, 6.45) is 3.23. The molecule has 1 fully saturated rings. The highest BCUT2D eigenvalue weighted by Gasteiger charge is 2.32. The topological polar surface area (TPSA) is 50.5 Å². The molecule has 1 amide bonds. The van der Waals surface area contributed by atoms with Crippen molar-refractivity contribution in [1.29, 1.82) is 0 Å². The largest absolute Gasteiger partial charge is 0.326 e. The molecule has 1 N–H and O–H groups in total. The van der Waals surface area contributed by atoms with Gasteiger partial charge in [-0.25, -0.2) is 4.98 Å². The van der Waals surface area contributed by atoms with Gasteiger partial charge >= 0.3 is 0 Å². The van der Waals surface area contributed by atoms with Crippen LogP contribution in [-0.4, -0.2) is 47.0 Å². The van der Waals surface area contributed by atoms with Crippen molar-refractivity contribution in [3.8, 4) is 0 Å². The van der Waals surface area contributed by atoms with Crippen molar-refractivity contribution < 1.29 is 9.69 Å². The minimum absolute atomic E-state index is 0.0254. The highest BCUT2D eigenvalue weighted by molar-refractivity contribution is 5.92. The monoisotopic (exact) mass is 373 g/mol. The lowest BCUT2D eigenvalue weighted by atomic mass is 9.96. The lowest BCUT2D eigenvalue weighted by Gasteiger charge is -2.36. The molecule has 28 heavy (non-hydrogen) atoms. The van der Waals surface area contributed by atoms with Crippen LogP contribution in [0.5, 0.6) is 0 Å². The van der Waals surface area contributed by atoms with Crippen LogP contribution in [0.3, 0.4) is 0 Å². The van der Waals surface area contributed by atoms with Gasteiger partial charge in [-0.05, 0) is 6.92 Å². The number of carbonyl (C=O) groups excluding carboxylic acids is 1. The van der Waals surface area contributed by atoms with Crippen LogP contribution in [0.1, 0.15) is 33.4 Å². The summed E-state index contributed by atoms with van der Waals surface area (Å²) in [6, 6.07) is 21.6. The van der Waals surface area contributed by atoms with Crippen LogP contribution in [0.25, 0.3) is 0 Å². The Hall–Kier alpha value is -3.05. The molecule has 2 aromatic carbocycles. The molecule has 0 saturated carbocycles. The van der Waals surface area contributed by atoms with E-state index in [1.54, 1.807) is 12.4 Å². The number of aryl methyl sites for hydroxylation is 1. The Morgan fingerprint density at radius 1 is 0.893 bits per heavy atom. The molecule has 4 rings (SSSR count). The molecule has 5 heteroatoms. The van der Waals surface area contributed by atoms with Gasteiger partial charge in [0.2, 0.25) is 0 Å². The van der Waals surface area contributed by atoms with Crippen molar-refractivity contribution in [2.24, 2.45) is 0 Å². The van der Waals surface area contributed by atoms with E-state index in [0.29, 0.717) is 5.69 Å². The summed E-state index contributed by atoms with van der Waals surface area (Å²) in [4.78, 5) is 24.6. The summed E-state index contributed by atoms with van der Waals surface area (Å²) >= 11 is 0. The van der Waals surface area contributed by atoms with Crippen molar-refractivity contribution in [3.05, 3.63) is 95.6 Å². The standard InChI is InChI=1S/C23H24N4O/c1-18-16-25-21(17-24-18)23(28)27-14-12-26(13-15-27)22(19-8-4-2-5-9-19)20-10-6-3-7-11-20/h2-11,16-17,22H,12-15H2,1H3/p+1. The maximum Gasteiger partial charge on any atom is 0.274 e. The number of rotatable bonds is 4. The second-order valence-electron chi connectivity index (χ2n) is 7.25. The molecule has 3 aromatic rings. The van der Waals surface area contributed by atoms with Crippen LogP contribution < -0.4 is 4.90 Å². The molecular formula is C23H25N4O+. The second-order valence-corrected chi connectivity index (χ2v) is 7.25. The number of benzene rings is 2. The van der Waals surface area contributed by atoms with E-state index in [9.17, 15) is 4.79 Å². The summed E-state index contributed by atoms with van der Waals surface area (Å²) in [6.45, 7) is 5.12. The molecule has 142 valence electrons. The first-order chi connectivity index (χ1) is 13.7. The first-order valence-electron chi connectivity index (χ1n) is 9.75. The summed E-state index contributed by atoms with van der Waals surface area (Å²) in [7, 11) is 0. The van der Waals surface area contributed by atoms with E-state index in [0.717, 1.165) is 31.9 Å². The van der Waals surface area contributed by atoms with Crippen LogP contribution in [0.4, 0.5) is 0 Å². The van der Waals surface area contributed by atoms with E-state index < -0.39 is 0 Å². The van der Waals surface area contributed by atoms with E-state index in [4.69, 9.17) is 0 Å². The highest BCUT2D eigenvalue weighted by Crippen LogP contribution is 2.19. The van der Waals surface area contributed by atoms with Gasteiger partial charge in [-0.1, -0.05) is 60.7 Å². The van der Waals surface area contributed by atoms with Crippen LogP contribution in [0, 0.1) is 6.92 Å². The number of amides is 1. The Bertz CT molecular complexity index is 865. The van der Waals surface area contributed by atoms with Gasteiger partial charge in [-0.2, -0.15) is 0 Å². The van der Waals surface area contributed by atoms with E-state index >= 15 is 0 Å². The van der Waals surface area contributed by atoms with Gasteiger partial charge in [-0.15, -0.1) is 0 Å². The average Bonchev–Trinajstić information content (AvgIpc) is 2.76. The smallest absolute Gasteiger partial charge is 0.274 e. The highest BCUT2D eigenvalue weighted by atomic mass is 16.2. The van der Waals surface area contributed by atoms with E-state index in [-0.39, 0.29) is 11.9 Å². The number of hydrogen-bond donors (Lipinski definition) is 1. The molecule has 0 bridgehead atoms. The zero-order valence-electron chi connectivity index (χ0n) is 16.1. The SMILES string of the molecule is Cc1cnc(C(=O)N2CC[NH+](C(c3ccccc3)c3ccccc3)CC2)cn1. The van der Waals surface area contributed by atoms with Gasteiger partial charge in [0.05, 0.1) is 38.1 Å². The average molecular weight is 373 g/mol. The third-order valence-corrected chi connectivity index (χ3v) is 5.37. The summed E-state index contributed by atoms with van der Waals surface area (Å²) < 4.78 is 0. The van der Waals surface area contributed by atoms with Gasteiger partial charge in [0.1, 0.15) is 11.7 Å². The summed E-state index contributed by atoms with van der Waals surface area (Å²) in [5, 5.41) is 0. The van der Waals surface area contributed by atoms with E-state index in [1.807, 2.05) is 11.8 Å². The molecule has 1 aliphatic heterocycles. The fourth-order valence-electron chi connectivity index (χ4n) is 3.91. The first kappa shape index (κ1) is 18.3. The molecule has 5 nitrogen and oxygen atoms in total. The van der Waals surface area contributed by atoms with Crippen LogP contribution in [0.15, 0.2) is 73.1 Å². The zero-order valence-corrected chi connectivity index (χ0v) is 16.1. The third-order valence-electron chi connectivity index (χ3n) is 5.37. The minimum Gasteiger partial charge on any atom is -0.326 e. The molecule has 2 heterocycles. The molecule has 0 spiro atoms. The quantitative estimate of drug-likeness (QED) is 0.760. The number of nitrogens with zero attached hydrogens (tertiary/aromatic N) is 3. The first-order valence-corrected chi connectivity index (χ1v) is 9.75. The number of quaternary nitrogens is 1.